The lowest BCUT2D eigenvalue weighted by molar-refractivity contribution is 0.471. The van der Waals surface area contributed by atoms with Crippen LogP contribution in [0.25, 0.3) is 15.9 Å². The van der Waals surface area contributed by atoms with Crippen molar-refractivity contribution in [2.45, 2.75) is 13.3 Å². The first-order valence-corrected chi connectivity index (χ1v) is 7.88. The van der Waals surface area contributed by atoms with Crippen LogP contribution in [0.2, 0.25) is 5.02 Å². The SMILES string of the molecule is CCc1cc2c(=O)n(-c3cc(Cl)ccc3O)c(=S)[nH]c2s1. The zero-order valence-electron chi connectivity index (χ0n) is 11.0. The second kappa shape index (κ2) is 5.29. The van der Waals surface area contributed by atoms with Crippen LogP contribution in [0.4, 0.5) is 0 Å². The number of aromatic amines is 1. The minimum atomic E-state index is -0.262. The summed E-state index contributed by atoms with van der Waals surface area (Å²) in [5.41, 5.74) is 0.0159. The molecule has 2 N–H and O–H groups in total. The second-order valence-electron chi connectivity index (χ2n) is 4.51. The molecular formula is C14H11ClN2O2S2. The number of fused-ring (bicyclic) bond motifs is 1. The average molecular weight is 339 g/mol. The smallest absolute Gasteiger partial charge is 0.267 e. The van der Waals surface area contributed by atoms with Gasteiger partial charge in [0.15, 0.2) is 4.77 Å². The Labute approximate surface area is 134 Å². The van der Waals surface area contributed by atoms with Crippen molar-refractivity contribution >= 4 is 45.4 Å². The molecule has 0 amide bonds. The van der Waals surface area contributed by atoms with Crippen LogP contribution in [0.1, 0.15) is 11.8 Å². The molecule has 21 heavy (non-hydrogen) atoms. The summed E-state index contributed by atoms with van der Waals surface area (Å²) < 4.78 is 1.50. The maximum Gasteiger partial charge on any atom is 0.267 e. The highest BCUT2D eigenvalue weighted by Crippen LogP contribution is 2.26. The number of H-pyrrole nitrogens is 1. The first-order chi connectivity index (χ1) is 10.0. The summed E-state index contributed by atoms with van der Waals surface area (Å²) in [6.07, 6.45) is 0.849. The molecule has 0 aliphatic heterocycles. The van der Waals surface area contributed by atoms with Crippen molar-refractivity contribution in [2.75, 3.05) is 0 Å². The molecule has 0 spiro atoms. The molecule has 0 bridgehead atoms. The summed E-state index contributed by atoms with van der Waals surface area (Å²) in [5.74, 6) is -0.0497. The van der Waals surface area contributed by atoms with Gasteiger partial charge >= 0.3 is 0 Å². The number of hydrogen-bond acceptors (Lipinski definition) is 4. The third-order valence-electron chi connectivity index (χ3n) is 3.17. The predicted molar refractivity (Wildman–Crippen MR) is 88.7 cm³/mol. The molecule has 2 aromatic heterocycles. The summed E-state index contributed by atoms with van der Waals surface area (Å²) in [6, 6.07) is 6.36. The van der Waals surface area contributed by atoms with Crippen molar-refractivity contribution in [1.82, 2.24) is 9.55 Å². The van der Waals surface area contributed by atoms with Gasteiger partial charge in [0.25, 0.3) is 5.56 Å². The van der Waals surface area contributed by atoms with Gasteiger partial charge in [0, 0.05) is 9.90 Å². The van der Waals surface area contributed by atoms with Crippen molar-refractivity contribution in [3.63, 3.8) is 0 Å². The Balaban J connectivity index is 2.40. The normalized spacial score (nSPS) is 11.1. The minimum Gasteiger partial charge on any atom is -0.506 e. The summed E-state index contributed by atoms with van der Waals surface area (Å²) in [6.45, 7) is 2.03. The van der Waals surface area contributed by atoms with E-state index in [0.717, 1.165) is 16.1 Å². The van der Waals surface area contributed by atoms with E-state index in [0.29, 0.717) is 10.4 Å². The summed E-state index contributed by atoms with van der Waals surface area (Å²) >= 11 is 12.7. The van der Waals surface area contributed by atoms with Gasteiger partial charge in [0.05, 0.1) is 11.1 Å². The van der Waals surface area contributed by atoms with Crippen molar-refractivity contribution in [3.05, 3.63) is 49.3 Å². The molecule has 3 aromatic rings. The fraction of sp³-hybridized carbons (Fsp3) is 0.143. The number of nitrogens with one attached hydrogen (secondary N) is 1. The number of thiophene rings is 1. The van der Waals surface area contributed by atoms with Crippen molar-refractivity contribution < 1.29 is 5.11 Å². The molecule has 0 aliphatic rings. The molecule has 108 valence electrons. The standard InChI is InChI=1S/C14H11ClN2O2S2/c1-2-8-6-9-12(21-8)16-14(20)17(13(9)19)10-5-7(15)3-4-11(10)18/h3-6,18H,2H2,1H3,(H,16,20). The molecular weight excluding hydrogens is 328 g/mol. The largest absolute Gasteiger partial charge is 0.506 e. The van der Waals surface area contributed by atoms with Gasteiger partial charge in [-0.3, -0.25) is 4.79 Å². The van der Waals surface area contributed by atoms with Gasteiger partial charge in [0.1, 0.15) is 10.6 Å². The number of rotatable bonds is 2. The van der Waals surface area contributed by atoms with Crippen molar-refractivity contribution in [1.29, 1.82) is 0 Å². The molecule has 0 unspecified atom stereocenters. The summed E-state index contributed by atoms with van der Waals surface area (Å²) in [5, 5.41) is 11.0. The van der Waals surface area contributed by atoms with Gasteiger partial charge < -0.3 is 10.1 Å². The van der Waals surface area contributed by atoms with Crippen LogP contribution < -0.4 is 5.56 Å². The van der Waals surface area contributed by atoms with Crippen LogP contribution in [0.15, 0.2) is 29.1 Å². The average Bonchev–Trinajstić information content (AvgIpc) is 2.86. The number of phenols is 1. The number of aromatic hydroxyl groups is 1. The molecule has 4 nitrogen and oxygen atoms in total. The monoisotopic (exact) mass is 338 g/mol. The maximum atomic E-state index is 12.7. The van der Waals surface area contributed by atoms with E-state index < -0.39 is 0 Å². The van der Waals surface area contributed by atoms with Gasteiger partial charge in [-0.1, -0.05) is 18.5 Å². The Morgan fingerprint density at radius 2 is 2.19 bits per heavy atom. The number of nitrogens with zero attached hydrogens (tertiary/aromatic N) is 1. The van der Waals surface area contributed by atoms with Crippen LogP contribution in [0, 0.1) is 4.77 Å². The van der Waals surface area contributed by atoms with E-state index in [1.807, 2.05) is 13.0 Å². The Hall–Kier alpha value is -1.63. The molecule has 0 fully saturated rings. The molecule has 0 saturated carbocycles. The molecule has 1 aromatic carbocycles. The molecule has 3 rings (SSSR count). The van der Waals surface area contributed by atoms with Crippen LogP contribution in [0.3, 0.4) is 0 Å². The van der Waals surface area contributed by atoms with Gasteiger partial charge in [-0.15, -0.1) is 11.3 Å². The lowest BCUT2D eigenvalue weighted by Gasteiger charge is -2.08. The zero-order chi connectivity index (χ0) is 15.1. The van der Waals surface area contributed by atoms with Gasteiger partial charge in [-0.25, -0.2) is 4.57 Å². The minimum absolute atomic E-state index is 0.0497. The van der Waals surface area contributed by atoms with Gasteiger partial charge in [-0.2, -0.15) is 0 Å². The summed E-state index contributed by atoms with van der Waals surface area (Å²) in [4.78, 5) is 17.6. The van der Waals surface area contributed by atoms with Crippen molar-refractivity contribution in [3.8, 4) is 11.4 Å². The highest BCUT2D eigenvalue weighted by molar-refractivity contribution is 7.71. The first kappa shape index (κ1) is 14.3. The van der Waals surface area contributed by atoms with E-state index in [1.165, 1.54) is 28.0 Å². The predicted octanol–water partition coefficient (Wildman–Crippen LogP) is 4.03. The summed E-state index contributed by atoms with van der Waals surface area (Å²) in [7, 11) is 0. The quantitative estimate of drug-likeness (QED) is 0.693. The van der Waals surface area contributed by atoms with Crippen LogP contribution in [0.5, 0.6) is 5.75 Å². The lowest BCUT2D eigenvalue weighted by atomic mass is 10.2. The van der Waals surface area contributed by atoms with E-state index in [9.17, 15) is 9.90 Å². The van der Waals surface area contributed by atoms with E-state index in [1.54, 1.807) is 6.07 Å². The topological polar surface area (TPSA) is 58.0 Å². The fourth-order valence-electron chi connectivity index (χ4n) is 2.13. The fourth-order valence-corrected chi connectivity index (χ4v) is 3.63. The number of aromatic nitrogens is 2. The number of phenolic OH excluding ortho intramolecular Hbond substituents is 1. The van der Waals surface area contributed by atoms with E-state index >= 15 is 0 Å². The molecule has 7 heteroatoms. The Morgan fingerprint density at radius 3 is 2.90 bits per heavy atom. The lowest BCUT2D eigenvalue weighted by Crippen LogP contribution is -2.19. The van der Waals surface area contributed by atoms with E-state index in [-0.39, 0.29) is 21.8 Å². The maximum absolute atomic E-state index is 12.7. The van der Waals surface area contributed by atoms with Crippen LogP contribution in [-0.2, 0) is 6.42 Å². The highest BCUT2D eigenvalue weighted by Gasteiger charge is 2.13. The van der Waals surface area contributed by atoms with Crippen molar-refractivity contribution in [2.24, 2.45) is 0 Å². The second-order valence-corrected chi connectivity index (χ2v) is 6.47. The van der Waals surface area contributed by atoms with Crippen LogP contribution in [-0.4, -0.2) is 14.7 Å². The Kier molecular flexibility index (Phi) is 3.61. The van der Waals surface area contributed by atoms with Gasteiger partial charge in [-0.05, 0) is 42.9 Å². The van der Waals surface area contributed by atoms with Crippen LogP contribution >= 0.6 is 35.2 Å². The number of aryl methyl sites for hydroxylation is 1. The Morgan fingerprint density at radius 1 is 1.43 bits per heavy atom. The number of hydrogen-bond donors (Lipinski definition) is 2. The molecule has 0 aliphatic carbocycles. The molecule has 0 atom stereocenters. The highest BCUT2D eigenvalue weighted by atomic mass is 35.5. The third-order valence-corrected chi connectivity index (χ3v) is 4.88. The molecule has 0 radical (unpaired) electrons. The number of benzene rings is 1. The third kappa shape index (κ3) is 2.39. The molecule has 2 heterocycles. The van der Waals surface area contributed by atoms with E-state index in [2.05, 4.69) is 4.98 Å². The van der Waals surface area contributed by atoms with Gasteiger partial charge in [0.2, 0.25) is 0 Å². The zero-order valence-corrected chi connectivity index (χ0v) is 13.4. The number of halogens is 1. The molecule has 0 saturated heterocycles. The van der Waals surface area contributed by atoms with E-state index in [4.69, 9.17) is 23.8 Å². The first-order valence-electron chi connectivity index (χ1n) is 6.28. The Bertz CT molecular complexity index is 956.